The highest BCUT2D eigenvalue weighted by atomic mass is 32.2. The molecule has 0 aliphatic heterocycles. The van der Waals surface area contributed by atoms with Gasteiger partial charge >= 0.3 is 0 Å². The fourth-order valence-corrected chi connectivity index (χ4v) is 4.20. The lowest BCUT2D eigenvalue weighted by Crippen LogP contribution is -2.14. The summed E-state index contributed by atoms with van der Waals surface area (Å²) in [7, 11) is 1.58. The summed E-state index contributed by atoms with van der Waals surface area (Å²) in [6, 6.07) is 11.5. The number of anilines is 1. The Hall–Kier alpha value is -2.71. The molecule has 0 radical (unpaired) electrons. The van der Waals surface area contributed by atoms with Crippen molar-refractivity contribution in [2.24, 2.45) is 0 Å². The van der Waals surface area contributed by atoms with E-state index in [-0.39, 0.29) is 29.7 Å². The first kappa shape index (κ1) is 21.0. The second-order valence-electron chi connectivity index (χ2n) is 6.23. The molecule has 0 aliphatic carbocycles. The Labute approximate surface area is 176 Å². The van der Waals surface area contributed by atoms with Crippen LogP contribution in [0.25, 0.3) is 0 Å². The number of nitrogens with zero attached hydrogens (tertiary/aromatic N) is 1. The summed E-state index contributed by atoms with van der Waals surface area (Å²) >= 11 is 2.72. The van der Waals surface area contributed by atoms with Crippen LogP contribution in [0.4, 0.5) is 10.1 Å². The van der Waals surface area contributed by atoms with Crippen LogP contribution in [-0.2, 0) is 11.2 Å². The van der Waals surface area contributed by atoms with Crippen molar-refractivity contribution in [1.29, 1.82) is 0 Å². The standard InChI is InChI=1S/C21H19FN2O3S2/c1-13-3-6-15(9-18(13)22)23-20(26)10-16-11-28-21(24-16)29-12-19(25)14-4-7-17(27-2)8-5-14/h3-9,11H,10,12H2,1-2H3,(H,23,26). The lowest BCUT2D eigenvalue weighted by Gasteiger charge is -2.05. The molecule has 3 aromatic rings. The molecule has 29 heavy (non-hydrogen) atoms. The van der Waals surface area contributed by atoms with Crippen molar-refractivity contribution >= 4 is 40.5 Å². The maximum atomic E-state index is 13.6. The van der Waals surface area contributed by atoms with Crippen molar-refractivity contribution in [2.75, 3.05) is 18.2 Å². The first-order valence-electron chi connectivity index (χ1n) is 8.75. The molecule has 0 spiro atoms. The third kappa shape index (κ3) is 5.88. The zero-order chi connectivity index (χ0) is 20.8. The van der Waals surface area contributed by atoms with Crippen LogP contribution in [0.15, 0.2) is 52.2 Å². The minimum atomic E-state index is -0.364. The van der Waals surface area contributed by atoms with Crippen LogP contribution in [-0.4, -0.2) is 29.5 Å². The first-order chi connectivity index (χ1) is 13.9. The largest absolute Gasteiger partial charge is 0.497 e. The van der Waals surface area contributed by atoms with E-state index < -0.39 is 0 Å². The van der Waals surface area contributed by atoms with Gasteiger partial charge in [-0.15, -0.1) is 11.3 Å². The van der Waals surface area contributed by atoms with Gasteiger partial charge in [0.05, 0.1) is 25.0 Å². The number of ether oxygens (including phenoxy) is 1. The molecule has 0 aliphatic rings. The zero-order valence-electron chi connectivity index (χ0n) is 15.9. The molecule has 2 aromatic carbocycles. The second kappa shape index (κ2) is 9.67. The van der Waals surface area contributed by atoms with Gasteiger partial charge in [-0.3, -0.25) is 9.59 Å². The molecule has 0 saturated carbocycles. The normalized spacial score (nSPS) is 10.6. The van der Waals surface area contributed by atoms with Crippen molar-refractivity contribution in [2.45, 2.75) is 17.7 Å². The number of aryl methyl sites for hydroxylation is 1. The number of benzene rings is 2. The van der Waals surface area contributed by atoms with E-state index in [4.69, 9.17) is 4.74 Å². The second-order valence-corrected chi connectivity index (χ2v) is 8.31. The number of carbonyl (C=O) groups excluding carboxylic acids is 2. The number of ketones is 1. The molecule has 0 fully saturated rings. The number of thioether (sulfide) groups is 1. The fourth-order valence-electron chi connectivity index (χ4n) is 2.46. The number of aromatic nitrogens is 1. The Bertz CT molecular complexity index is 1020. The molecule has 1 N–H and O–H groups in total. The van der Waals surface area contributed by atoms with E-state index in [1.165, 1.54) is 29.2 Å². The zero-order valence-corrected chi connectivity index (χ0v) is 17.5. The van der Waals surface area contributed by atoms with Gasteiger partial charge in [0, 0.05) is 16.6 Å². The molecular weight excluding hydrogens is 411 g/mol. The van der Waals surface area contributed by atoms with Crippen LogP contribution >= 0.6 is 23.1 Å². The lowest BCUT2D eigenvalue weighted by atomic mass is 10.1. The highest BCUT2D eigenvalue weighted by Gasteiger charge is 2.12. The summed E-state index contributed by atoms with van der Waals surface area (Å²) in [6.07, 6.45) is 0.0823. The van der Waals surface area contributed by atoms with Crippen molar-refractivity contribution in [1.82, 2.24) is 4.98 Å². The number of halogens is 1. The van der Waals surface area contributed by atoms with Crippen molar-refractivity contribution in [3.05, 3.63) is 70.5 Å². The van der Waals surface area contributed by atoms with Crippen LogP contribution < -0.4 is 10.1 Å². The predicted octanol–water partition coefficient (Wildman–Crippen LogP) is 4.76. The number of amides is 1. The van der Waals surface area contributed by atoms with E-state index in [2.05, 4.69) is 10.3 Å². The molecule has 8 heteroatoms. The number of methoxy groups -OCH3 is 1. The highest BCUT2D eigenvalue weighted by Crippen LogP contribution is 2.24. The van der Waals surface area contributed by atoms with Gasteiger partial charge in [-0.1, -0.05) is 17.8 Å². The Morgan fingerprint density at radius 1 is 1.21 bits per heavy atom. The van der Waals surface area contributed by atoms with Crippen LogP contribution in [0.2, 0.25) is 0 Å². The van der Waals surface area contributed by atoms with Crippen molar-refractivity contribution in [3.63, 3.8) is 0 Å². The van der Waals surface area contributed by atoms with Crippen LogP contribution in [0.3, 0.4) is 0 Å². The van der Waals surface area contributed by atoms with E-state index in [9.17, 15) is 14.0 Å². The molecule has 1 amide bonds. The minimum Gasteiger partial charge on any atom is -0.497 e. The molecule has 0 bridgehead atoms. The predicted molar refractivity (Wildman–Crippen MR) is 114 cm³/mol. The van der Waals surface area contributed by atoms with Gasteiger partial charge in [0.25, 0.3) is 0 Å². The van der Waals surface area contributed by atoms with Gasteiger partial charge in [0.15, 0.2) is 10.1 Å². The smallest absolute Gasteiger partial charge is 0.230 e. The van der Waals surface area contributed by atoms with E-state index in [1.807, 2.05) is 0 Å². The summed E-state index contributed by atoms with van der Waals surface area (Å²) in [5, 5.41) is 4.45. The van der Waals surface area contributed by atoms with Crippen molar-refractivity contribution in [3.8, 4) is 5.75 Å². The minimum absolute atomic E-state index is 0.00598. The number of nitrogens with one attached hydrogen (secondary N) is 1. The third-order valence-corrected chi connectivity index (χ3v) is 6.14. The summed E-state index contributed by atoms with van der Waals surface area (Å²) < 4.78 is 19.4. The average Bonchev–Trinajstić information content (AvgIpc) is 3.16. The molecule has 1 aromatic heterocycles. The summed E-state index contributed by atoms with van der Waals surface area (Å²) in [5.74, 6) is 0.314. The lowest BCUT2D eigenvalue weighted by molar-refractivity contribution is -0.115. The Morgan fingerprint density at radius 2 is 1.97 bits per heavy atom. The van der Waals surface area contributed by atoms with Gasteiger partial charge in [-0.25, -0.2) is 9.37 Å². The van der Waals surface area contributed by atoms with Gasteiger partial charge in [-0.05, 0) is 48.9 Å². The van der Waals surface area contributed by atoms with Crippen LogP contribution in [0.5, 0.6) is 5.75 Å². The maximum absolute atomic E-state index is 13.6. The van der Waals surface area contributed by atoms with E-state index in [0.717, 1.165) is 4.34 Å². The highest BCUT2D eigenvalue weighted by molar-refractivity contribution is 8.01. The molecule has 150 valence electrons. The quantitative estimate of drug-likeness (QED) is 0.412. The van der Waals surface area contributed by atoms with Crippen LogP contribution in [0, 0.1) is 12.7 Å². The number of carbonyl (C=O) groups is 2. The topological polar surface area (TPSA) is 68.3 Å². The number of hydrogen-bond donors (Lipinski definition) is 1. The average molecular weight is 431 g/mol. The van der Waals surface area contributed by atoms with Crippen LogP contribution in [0.1, 0.15) is 21.6 Å². The summed E-state index contributed by atoms with van der Waals surface area (Å²) in [6.45, 7) is 1.66. The third-order valence-electron chi connectivity index (χ3n) is 4.07. The van der Waals surface area contributed by atoms with E-state index in [0.29, 0.717) is 28.3 Å². The van der Waals surface area contributed by atoms with Gasteiger partial charge < -0.3 is 10.1 Å². The van der Waals surface area contributed by atoms with Gasteiger partial charge in [0.1, 0.15) is 11.6 Å². The van der Waals surface area contributed by atoms with E-state index >= 15 is 0 Å². The molecule has 0 saturated heterocycles. The molecule has 1 heterocycles. The molecule has 5 nitrogen and oxygen atoms in total. The molecular formula is C21H19FN2O3S2. The SMILES string of the molecule is COc1ccc(C(=O)CSc2nc(CC(=O)Nc3ccc(C)c(F)c3)cs2)cc1. The Kier molecular flexibility index (Phi) is 7.00. The van der Waals surface area contributed by atoms with Crippen molar-refractivity contribution < 1.29 is 18.7 Å². The maximum Gasteiger partial charge on any atom is 0.230 e. The van der Waals surface area contributed by atoms with Gasteiger partial charge in [-0.2, -0.15) is 0 Å². The Morgan fingerprint density at radius 3 is 2.66 bits per heavy atom. The summed E-state index contributed by atoms with van der Waals surface area (Å²) in [4.78, 5) is 28.8. The monoisotopic (exact) mass is 430 g/mol. The molecule has 0 atom stereocenters. The first-order valence-corrected chi connectivity index (χ1v) is 10.6. The van der Waals surface area contributed by atoms with E-state index in [1.54, 1.807) is 55.8 Å². The fraction of sp³-hybridized carbons (Fsp3) is 0.190. The van der Waals surface area contributed by atoms with Gasteiger partial charge in [0.2, 0.25) is 5.91 Å². The Balaban J connectivity index is 1.51. The number of thiazole rings is 1. The molecule has 0 unspecified atom stereocenters. The molecule has 3 rings (SSSR count). The number of Topliss-reactive ketones (excluding diaryl/α,β-unsaturated/α-hetero) is 1. The number of hydrogen-bond acceptors (Lipinski definition) is 6. The summed E-state index contributed by atoms with van der Waals surface area (Å²) in [5.41, 5.74) is 2.15. The number of rotatable bonds is 8.